The van der Waals surface area contributed by atoms with E-state index in [-0.39, 0.29) is 28.8 Å². The molecule has 162 valence electrons. The van der Waals surface area contributed by atoms with Gasteiger partial charge < -0.3 is 14.6 Å². The van der Waals surface area contributed by atoms with E-state index in [1.54, 1.807) is 24.2 Å². The first-order valence-electron chi connectivity index (χ1n) is 9.61. The molecule has 8 nitrogen and oxygen atoms in total. The lowest BCUT2D eigenvalue weighted by atomic mass is 10.2. The Morgan fingerprint density at radius 3 is 2.61 bits per heavy atom. The fourth-order valence-electron chi connectivity index (χ4n) is 3.45. The molecule has 1 aromatic heterocycles. The number of methoxy groups -OCH3 is 1. The molecule has 31 heavy (non-hydrogen) atoms. The summed E-state index contributed by atoms with van der Waals surface area (Å²) in [5.41, 5.74) is 1.41. The van der Waals surface area contributed by atoms with Crippen molar-refractivity contribution in [3.05, 3.63) is 63.8 Å². The summed E-state index contributed by atoms with van der Waals surface area (Å²) in [6, 6.07) is 12.0. The van der Waals surface area contributed by atoms with E-state index >= 15 is 0 Å². The topological polar surface area (TPSA) is 99.8 Å². The first kappa shape index (κ1) is 21.3. The number of fused-ring (bicyclic) bond motifs is 1. The molecule has 1 fully saturated rings. The number of hydrogen-bond acceptors (Lipinski definition) is 6. The number of aromatic amines is 1. The van der Waals surface area contributed by atoms with Crippen LogP contribution in [0.1, 0.15) is 5.56 Å². The summed E-state index contributed by atoms with van der Waals surface area (Å²) in [6.07, 6.45) is 3.17. The molecule has 0 bridgehead atoms. The van der Waals surface area contributed by atoms with Crippen LogP contribution in [0.15, 0.2) is 58.2 Å². The number of sulfonamides is 1. The number of nitrogens with one attached hydrogen (secondary N) is 1. The van der Waals surface area contributed by atoms with Crippen LogP contribution in [0.5, 0.6) is 5.75 Å². The lowest BCUT2D eigenvalue weighted by Crippen LogP contribution is -2.50. The number of rotatable bonds is 5. The van der Waals surface area contributed by atoms with E-state index < -0.39 is 10.0 Å². The van der Waals surface area contributed by atoms with Crippen LogP contribution in [-0.4, -0.2) is 61.8 Å². The second kappa shape index (κ2) is 8.66. The highest BCUT2D eigenvalue weighted by Crippen LogP contribution is 2.23. The van der Waals surface area contributed by atoms with Gasteiger partial charge in [-0.25, -0.2) is 8.42 Å². The summed E-state index contributed by atoms with van der Waals surface area (Å²) >= 11 is 0.976. The van der Waals surface area contributed by atoms with Gasteiger partial charge in [0.1, 0.15) is 5.75 Å². The summed E-state index contributed by atoms with van der Waals surface area (Å²) in [4.78, 5) is 28.2. The molecule has 0 atom stereocenters. The van der Waals surface area contributed by atoms with E-state index in [9.17, 15) is 18.0 Å². The summed E-state index contributed by atoms with van der Waals surface area (Å²) in [6.45, 7) is 1.01. The molecule has 0 unspecified atom stereocenters. The maximum atomic E-state index is 13.0. The maximum Gasteiger partial charge on any atom is 0.305 e. The molecule has 1 N–H and O–H groups in total. The van der Waals surface area contributed by atoms with Gasteiger partial charge in [0.15, 0.2) is 0 Å². The highest BCUT2D eigenvalue weighted by Gasteiger charge is 2.30. The van der Waals surface area contributed by atoms with Crippen molar-refractivity contribution in [1.82, 2.24) is 14.2 Å². The fourth-order valence-corrected chi connectivity index (χ4v) is 5.75. The van der Waals surface area contributed by atoms with Gasteiger partial charge >= 0.3 is 4.87 Å². The molecular formula is C21H21N3O5S2. The summed E-state index contributed by atoms with van der Waals surface area (Å²) in [7, 11) is -2.13. The molecule has 0 spiro atoms. The molecule has 1 aliphatic heterocycles. The van der Waals surface area contributed by atoms with E-state index in [1.807, 2.05) is 24.3 Å². The van der Waals surface area contributed by atoms with Gasteiger partial charge in [0, 0.05) is 37.8 Å². The number of benzene rings is 2. The van der Waals surface area contributed by atoms with E-state index in [0.29, 0.717) is 29.1 Å². The molecule has 3 aromatic rings. The molecule has 2 heterocycles. The van der Waals surface area contributed by atoms with Crippen molar-refractivity contribution in [1.29, 1.82) is 0 Å². The molecule has 10 heteroatoms. The molecule has 0 saturated carbocycles. The Morgan fingerprint density at radius 1 is 1.13 bits per heavy atom. The number of aromatic nitrogens is 1. The van der Waals surface area contributed by atoms with E-state index in [0.717, 1.165) is 16.9 Å². The molecule has 1 aliphatic rings. The zero-order valence-corrected chi connectivity index (χ0v) is 18.4. The zero-order valence-electron chi connectivity index (χ0n) is 16.8. The average molecular weight is 460 g/mol. The van der Waals surface area contributed by atoms with Crippen LogP contribution in [0, 0.1) is 0 Å². The van der Waals surface area contributed by atoms with Crippen LogP contribution in [0.4, 0.5) is 0 Å². The molecule has 2 aromatic carbocycles. The van der Waals surface area contributed by atoms with Crippen molar-refractivity contribution < 1.29 is 17.9 Å². The minimum atomic E-state index is -3.71. The van der Waals surface area contributed by atoms with Crippen LogP contribution < -0.4 is 9.61 Å². The van der Waals surface area contributed by atoms with Gasteiger partial charge in [-0.2, -0.15) is 4.31 Å². The molecular weight excluding hydrogens is 438 g/mol. The van der Waals surface area contributed by atoms with Gasteiger partial charge in [-0.3, -0.25) is 9.59 Å². The van der Waals surface area contributed by atoms with Crippen LogP contribution >= 0.6 is 11.3 Å². The van der Waals surface area contributed by atoms with Gasteiger partial charge in [-0.1, -0.05) is 29.5 Å². The highest BCUT2D eigenvalue weighted by molar-refractivity contribution is 7.89. The van der Waals surface area contributed by atoms with Crippen LogP contribution in [-0.2, 0) is 14.8 Å². The quantitative estimate of drug-likeness (QED) is 0.590. The van der Waals surface area contributed by atoms with Crippen LogP contribution in [0.3, 0.4) is 0 Å². The number of para-hydroxylation sites is 1. The standard InChI is InChI=1S/C21H21N3O5S2/c1-29-18-5-3-2-4-15(18)6-9-20(25)23-10-12-24(13-11-23)31(27,28)16-7-8-17-19(14-16)30-21(26)22-17/h2-9,14H,10-13H2,1H3,(H,22,26)/b9-6+. The minimum Gasteiger partial charge on any atom is -0.496 e. The predicted octanol–water partition coefficient (Wildman–Crippen LogP) is 2.14. The number of carbonyl (C=O) groups excluding carboxylic acids is 1. The summed E-state index contributed by atoms with van der Waals surface area (Å²) in [5, 5.41) is 0. The van der Waals surface area contributed by atoms with Crippen LogP contribution in [0.25, 0.3) is 16.3 Å². The number of H-pyrrole nitrogens is 1. The smallest absolute Gasteiger partial charge is 0.305 e. The Hall–Kier alpha value is -2.95. The fraction of sp³-hybridized carbons (Fsp3) is 0.238. The third-order valence-corrected chi connectivity index (χ3v) is 7.86. The predicted molar refractivity (Wildman–Crippen MR) is 120 cm³/mol. The van der Waals surface area contributed by atoms with Crippen molar-refractivity contribution in [2.75, 3.05) is 33.3 Å². The van der Waals surface area contributed by atoms with Crippen molar-refractivity contribution in [2.45, 2.75) is 4.90 Å². The monoisotopic (exact) mass is 459 g/mol. The molecule has 4 rings (SSSR count). The number of nitrogens with zero attached hydrogens (tertiary/aromatic N) is 2. The number of carbonyl (C=O) groups is 1. The number of piperazine rings is 1. The summed E-state index contributed by atoms with van der Waals surface area (Å²) < 4.78 is 33.3. The van der Waals surface area contributed by atoms with E-state index in [2.05, 4.69) is 4.98 Å². The Bertz CT molecular complexity index is 1300. The Kier molecular flexibility index (Phi) is 5.94. The van der Waals surface area contributed by atoms with Gasteiger partial charge in [-0.15, -0.1) is 0 Å². The summed E-state index contributed by atoms with van der Waals surface area (Å²) in [5.74, 6) is 0.494. The third-order valence-electron chi connectivity index (χ3n) is 5.12. The molecule has 1 amide bonds. The normalized spacial score (nSPS) is 15.6. The number of thiazole rings is 1. The van der Waals surface area contributed by atoms with Crippen molar-refractivity contribution in [3.8, 4) is 5.75 Å². The van der Waals surface area contributed by atoms with Crippen molar-refractivity contribution in [2.24, 2.45) is 0 Å². The molecule has 0 aliphatic carbocycles. The first-order chi connectivity index (χ1) is 14.9. The van der Waals surface area contributed by atoms with Crippen molar-refractivity contribution in [3.63, 3.8) is 0 Å². The van der Waals surface area contributed by atoms with E-state index in [1.165, 1.54) is 22.5 Å². The second-order valence-electron chi connectivity index (χ2n) is 6.98. The third kappa shape index (κ3) is 4.41. The number of ether oxygens (including phenoxy) is 1. The Balaban J connectivity index is 1.43. The zero-order chi connectivity index (χ0) is 22.0. The van der Waals surface area contributed by atoms with Crippen molar-refractivity contribution >= 4 is 43.6 Å². The average Bonchev–Trinajstić information content (AvgIpc) is 3.17. The first-order valence-corrected chi connectivity index (χ1v) is 11.9. The van der Waals surface area contributed by atoms with E-state index in [4.69, 9.17) is 4.74 Å². The number of hydrogen-bond donors (Lipinski definition) is 1. The second-order valence-corrected chi connectivity index (χ2v) is 9.93. The van der Waals surface area contributed by atoms with Crippen LogP contribution in [0.2, 0.25) is 0 Å². The Labute approximate surface area is 183 Å². The highest BCUT2D eigenvalue weighted by atomic mass is 32.2. The Morgan fingerprint density at radius 2 is 1.87 bits per heavy atom. The lowest BCUT2D eigenvalue weighted by Gasteiger charge is -2.33. The molecule has 0 radical (unpaired) electrons. The van der Waals surface area contributed by atoms with Gasteiger partial charge in [0.2, 0.25) is 15.9 Å². The maximum absolute atomic E-state index is 13.0. The molecule has 1 saturated heterocycles. The van der Waals surface area contributed by atoms with Gasteiger partial charge in [-0.05, 0) is 30.3 Å². The lowest BCUT2D eigenvalue weighted by molar-refractivity contribution is -0.127. The SMILES string of the molecule is COc1ccccc1/C=C/C(=O)N1CCN(S(=O)(=O)c2ccc3[nH]c(=O)sc3c2)CC1. The minimum absolute atomic E-state index is 0.145. The number of amides is 1. The largest absolute Gasteiger partial charge is 0.496 e. The van der Waals surface area contributed by atoms with Gasteiger partial charge in [0.05, 0.1) is 22.2 Å². The van der Waals surface area contributed by atoms with Gasteiger partial charge in [0.25, 0.3) is 0 Å².